The van der Waals surface area contributed by atoms with Gasteiger partial charge in [0, 0.05) is 41.0 Å². The Bertz CT molecular complexity index is 1710. The molecule has 0 fully saturated rings. The van der Waals surface area contributed by atoms with Gasteiger partial charge in [-0.2, -0.15) is 18.2 Å². The van der Waals surface area contributed by atoms with Gasteiger partial charge in [-0.15, -0.1) is 0 Å². The summed E-state index contributed by atoms with van der Waals surface area (Å²) in [6.07, 6.45) is 2.33. The summed E-state index contributed by atoms with van der Waals surface area (Å²) < 4.78 is 40.5. The number of benzene rings is 2. The quantitative estimate of drug-likeness (QED) is 0.0715. The van der Waals surface area contributed by atoms with E-state index in [2.05, 4.69) is 42.1 Å². The maximum Gasteiger partial charge on any atom is 0.416 e. The van der Waals surface area contributed by atoms with E-state index in [0.29, 0.717) is 24.2 Å². The number of aromatic nitrogens is 3. The van der Waals surface area contributed by atoms with Crippen LogP contribution in [0.15, 0.2) is 59.5 Å². The largest absolute Gasteiger partial charge is 0.416 e. The highest BCUT2D eigenvalue weighted by Gasteiger charge is 2.32. The van der Waals surface area contributed by atoms with E-state index in [9.17, 15) is 18.0 Å². The van der Waals surface area contributed by atoms with Gasteiger partial charge in [-0.1, -0.05) is 59.7 Å². The lowest BCUT2D eigenvalue weighted by atomic mass is 9.84. The Morgan fingerprint density at radius 2 is 1.62 bits per heavy atom. The molecule has 11 heteroatoms. The van der Waals surface area contributed by atoms with E-state index in [1.165, 1.54) is 12.1 Å². The Kier molecular flexibility index (Phi) is 14.2. The number of nitrogens with zero attached hydrogens (tertiary/aromatic N) is 2. The highest BCUT2D eigenvalue weighted by atomic mass is 19.4. The standard InChI is InChI=1S/C23H31N5O2.C16H24F3N/c1-23(2,3)20-12-17-14-28(22(30)27-21(17)26-20)19-9-7-16(8-10-19)13-25-11-5-4-6-18(24)15-29;1-11(20)6-5-7-12-8-13(15(2,3)4)10-14(9-12)16(17,18)19/h7-10,12,14,24-25,29H,4-6,11,13,15H2,1-3H3,(H,26,27,30);8-11H,5-7,20H2,1-4H3/t;11-/m.0/s1. The van der Waals surface area contributed by atoms with Crippen LogP contribution < -0.4 is 16.7 Å². The predicted molar refractivity (Wildman–Crippen MR) is 197 cm³/mol. The summed E-state index contributed by atoms with van der Waals surface area (Å²) in [4.78, 5) is 20.0. The fraction of sp³-hybridized carbons (Fsp3) is 0.513. The lowest BCUT2D eigenvalue weighted by Gasteiger charge is -2.22. The molecule has 0 unspecified atom stereocenters. The van der Waals surface area contributed by atoms with Crippen molar-refractivity contribution in [2.75, 3.05) is 13.2 Å². The van der Waals surface area contributed by atoms with Crippen LogP contribution in [-0.4, -0.2) is 44.5 Å². The molecule has 0 spiro atoms. The van der Waals surface area contributed by atoms with Gasteiger partial charge in [-0.25, -0.2) is 4.79 Å². The van der Waals surface area contributed by atoms with Crippen molar-refractivity contribution in [1.29, 1.82) is 5.41 Å². The number of hydrogen-bond acceptors (Lipinski definition) is 6. The van der Waals surface area contributed by atoms with Crippen molar-refractivity contribution in [3.05, 3.63) is 93.2 Å². The van der Waals surface area contributed by atoms with Gasteiger partial charge >= 0.3 is 11.9 Å². The Hall–Kier alpha value is -3.80. The molecule has 4 rings (SSSR count). The van der Waals surface area contributed by atoms with Gasteiger partial charge in [0.05, 0.1) is 17.9 Å². The highest BCUT2D eigenvalue weighted by molar-refractivity contribution is 5.82. The average Bonchev–Trinajstić information content (AvgIpc) is 3.45. The molecule has 50 heavy (non-hydrogen) atoms. The first kappa shape index (κ1) is 40.6. The van der Waals surface area contributed by atoms with E-state index >= 15 is 0 Å². The zero-order valence-electron chi connectivity index (χ0n) is 30.6. The van der Waals surface area contributed by atoms with Crippen molar-refractivity contribution < 1.29 is 18.3 Å². The number of H-pyrrole nitrogens is 1. The number of halogens is 3. The Labute approximate surface area is 294 Å². The molecule has 6 N–H and O–H groups in total. The molecular formula is C39H55F3N6O2. The fourth-order valence-corrected chi connectivity index (χ4v) is 5.32. The number of unbranched alkanes of at least 4 members (excludes halogenated alkanes) is 1. The average molecular weight is 697 g/mol. The van der Waals surface area contributed by atoms with Gasteiger partial charge in [-0.05, 0) is 104 Å². The van der Waals surface area contributed by atoms with E-state index in [1.54, 1.807) is 4.57 Å². The van der Waals surface area contributed by atoms with Crippen LogP contribution >= 0.6 is 0 Å². The first-order chi connectivity index (χ1) is 23.3. The van der Waals surface area contributed by atoms with Crippen molar-refractivity contribution in [2.45, 2.75) is 117 Å². The van der Waals surface area contributed by atoms with Gasteiger partial charge < -0.3 is 26.6 Å². The number of alkyl halides is 3. The number of nitrogens with two attached hydrogens (primary N) is 1. The Balaban J connectivity index is 0.000000295. The molecule has 2 aromatic heterocycles. The number of fused-ring (bicyclic) bond motifs is 1. The zero-order valence-corrected chi connectivity index (χ0v) is 30.6. The molecule has 4 aromatic rings. The summed E-state index contributed by atoms with van der Waals surface area (Å²) in [5, 5.41) is 20.6. The van der Waals surface area contributed by atoms with Crippen molar-refractivity contribution in [3.63, 3.8) is 0 Å². The van der Waals surface area contributed by atoms with E-state index in [-0.39, 0.29) is 29.2 Å². The van der Waals surface area contributed by atoms with E-state index < -0.39 is 11.7 Å². The molecule has 0 aliphatic heterocycles. The highest BCUT2D eigenvalue weighted by Crippen LogP contribution is 2.34. The monoisotopic (exact) mass is 696 g/mol. The van der Waals surface area contributed by atoms with Crippen molar-refractivity contribution in [1.82, 2.24) is 19.9 Å². The van der Waals surface area contributed by atoms with Gasteiger partial charge in [0.1, 0.15) is 5.65 Å². The summed E-state index contributed by atoms with van der Waals surface area (Å²) >= 11 is 0. The number of hydrogen-bond donors (Lipinski definition) is 5. The maximum atomic E-state index is 13.0. The Morgan fingerprint density at radius 3 is 2.20 bits per heavy atom. The molecule has 1 atom stereocenters. The summed E-state index contributed by atoms with van der Waals surface area (Å²) in [5.74, 6) is 0. The first-order valence-corrected chi connectivity index (χ1v) is 17.3. The minimum absolute atomic E-state index is 0.0379. The normalized spacial score (nSPS) is 12.9. The predicted octanol–water partition coefficient (Wildman–Crippen LogP) is 7.96. The SMILES string of the molecule is CC(C)(C)c1cc2cn(-c3ccc(CNCCCCC(=N)CO)cc3)c(=O)nc2[nH]1.C[C@H](N)CCCc1cc(C(C)(C)C)cc(C(F)(F)F)c1. The van der Waals surface area contributed by atoms with Crippen molar-refractivity contribution in [2.24, 2.45) is 5.73 Å². The minimum Gasteiger partial charge on any atom is -0.390 e. The third kappa shape index (κ3) is 12.5. The fourth-order valence-electron chi connectivity index (χ4n) is 5.32. The summed E-state index contributed by atoms with van der Waals surface area (Å²) in [6.45, 7) is 15.5. The molecule has 0 radical (unpaired) electrons. The van der Waals surface area contributed by atoms with Crippen LogP contribution in [0.25, 0.3) is 16.7 Å². The van der Waals surface area contributed by atoms with E-state index in [1.807, 2.05) is 64.2 Å². The Morgan fingerprint density at radius 1 is 0.960 bits per heavy atom. The summed E-state index contributed by atoms with van der Waals surface area (Å²) in [6, 6.07) is 14.4. The molecule has 2 heterocycles. The van der Waals surface area contributed by atoms with E-state index in [4.69, 9.17) is 16.2 Å². The number of aliphatic hydroxyl groups is 1. The molecule has 0 saturated heterocycles. The van der Waals surface area contributed by atoms with Crippen LogP contribution in [-0.2, 0) is 30.0 Å². The molecule has 0 saturated carbocycles. The minimum atomic E-state index is -4.29. The molecule has 8 nitrogen and oxygen atoms in total. The second-order valence-electron chi connectivity index (χ2n) is 15.2. The molecule has 274 valence electrons. The molecule has 0 aliphatic rings. The first-order valence-electron chi connectivity index (χ1n) is 17.3. The van der Waals surface area contributed by atoms with E-state index in [0.717, 1.165) is 72.2 Å². The third-order valence-electron chi connectivity index (χ3n) is 8.44. The number of rotatable bonds is 13. The zero-order chi connectivity index (χ0) is 37.3. The lowest BCUT2D eigenvalue weighted by molar-refractivity contribution is -0.137. The number of nitrogens with one attached hydrogen (secondary N) is 3. The molecule has 0 bridgehead atoms. The topological polar surface area (TPSA) is 133 Å². The second-order valence-corrected chi connectivity index (χ2v) is 15.2. The van der Waals surface area contributed by atoms with Crippen LogP contribution in [0.4, 0.5) is 13.2 Å². The van der Waals surface area contributed by atoms with Crippen LogP contribution in [0, 0.1) is 5.41 Å². The smallest absolute Gasteiger partial charge is 0.390 e. The molecular weight excluding hydrogens is 641 g/mol. The van der Waals surface area contributed by atoms with Crippen molar-refractivity contribution in [3.8, 4) is 5.69 Å². The van der Waals surface area contributed by atoms with Crippen LogP contribution in [0.5, 0.6) is 0 Å². The number of aliphatic hydroxyl groups excluding tert-OH is 1. The second kappa shape index (κ2) is 17.4. The van der Waals surface area contributed by atoms with Crippen LogP contribution in [0.1, 0.15) is 109 Å². The maximum absolute atomic E-state index is 13.0. The number of aromatic amines is 1. The third-order valence-corrected chi connectivity index (χ3v) is 8.44. The van der Waals surface area contributed by atoms with Crippen LogP contribution in [0.3, 0.4) is 0 Å². The van der Waals surface area contributed by atoms with Gasteiger partial charge in [0.25, 0.3) is 0 Å². The molecule has 0 amide bonds. The lowest BCUT2D eigenvalue weighted by Crippen LogP contribution is -2.20. The molecule has 0 aliphatic carbocycles. The van der Waals surface area contributed by atoms with Gasteiger partial charge in [0.15, 0.2) is 0 Å². The van der Waals surface area contributed by atoms with Crippen molar-refractivity contribution >= 4 is 16.7 Å². The van der Waals surface area contributed by atoms with Crippen LogP contribution in [0.2, 0.25) is 0 Å². The molecule has 2 aromatic carbocycles. The summed E-state index contributed by atoms with van der Waals surface area (Å²) in [7, 11) is 0. The summed E-state index contributed by atoms with van der Waals surface area (Å²) in [5.41, 5.74) is 9.95. The van der Waals surface area contributed by atoms with Gasteiger partial charge in [0.2, 0.25) is 0 Å². The number of aryl methyl sites for hydroxylation is 1. The van der Waals surface area contributed by atoms with Gasteiger partial charge in [-0.3, -0.25) is 4.57 Å².